The van der Waals surface area contributed by atoms with Crippen LogP contribution in [0.1, 0.15) is 33.9 Å². The van der Waals surface area contributed by atoms with Crippen molar-refractivity contribution < 1.29 is 14.5 Å². The van der Waals surface area contributed by atoms with Crippen molar-refractivity contribution in [3.05, 3.63) is 99.6 Å². The maximum Gasteiger partial charge on any atom is 0.269 e. The maximum absolute atomic E-state index is 13.2. The van der Waals surface area contributed by atoms with Crippen LogP contribution in [0.5, 0.6) is 5.75 Å². The van der Waals surface area contributed by atoms with Crippen LogP contribution in [0.25, 0.3) is 0 Å². The molecule has 1 N–H and O–H groups in total. The fourth-order valence-corrected chi connectivity index (χ4v) is 4.61. The summed E-state index contributed by atoms with van der Waals surface area (Å²) in [6.07, 6.45) is 0.248. The van der Waals surface area contributed by atoms with Gasteiger partial charge in [0.2, 0.25) is 0 Å². The van der Waals surface area contributed by atoms with Crippen molar-refractivity contribution in [2.24, 2.45) is 5.92 Å². The van der Waals surface area contributed by atoms with Crippen LogP contribution in [0.3, 0.4) is 0 Å². The summed E-state index contributed by atoms with van der Waals surface area (Å²) < 4.78 is 6.30. The van der Waals surface area contributed by atoms with E-state index < -0.39 is 11.2 Å². The van der Waals surface area contributed by atoms with E-state index in [-0.39, 0.29) is 23.6 Å². The van der Waals surface area contributed by atoms with Crippen molar-refractivity contribution in [2.75, 3.05) is 11.9 Å². The Morgan fingerprint density at radius 3 is 2.58 bits per heavy atom. The average molecular weight is 440 g/mol. The molecule has 0 saturated carbocycles. The predicted octanol–water partition coefficient (Wildman–Crippen LogP) is 4.50. The standard InChI is InChI=1S/C25H20N4O4/c26-15-16-6-11-22-21(14-16)23(27-18-7-9-19(10-8-18)29(31)32)20-12-13-28(25(20)33-22)24(30)17-4-2-1-3-5-17/h1-11,14,20,23,25,27H,12-13H2/t20-,23+,25+/m1/s1. The average Bonchev–Trinajstić information content (AvgIpc) is 3.27. The molecule has 8 heteroatoms. The largest absolute Gasteiger partial charge is 0.470 e. The number of carbonyl (C=O) groups excluding carboxylic acids is 1. The van der Waals surface area contributed by atoms with E-state index >= 15 is 0 Å². The fraction of sp³-hybridized carbons (Fsp3) is 0.200. The van der Waals surface area contributed by atoms with Gasteiger partial charge in [-0.15, -0.1) is 0 Å². The molecule has 33 heavy (non-hydrogen) atoms. The summed E-state index contributed by atoms with van der Waals surface area (Å²) in [5.41, 5.74) is 2.68. The smallest absolute Gasteiger partial charge is 0.269 e. The number of nitrogens with one attached hydrogen (secondary N) is 1. The number of rotatable bonds is 4. The lowest BCUT2D eigenvalue weighted by Gasteiger charge is -2.39. The minimum atomic E-state index is -0.464. The van der Waals surface area contributed by atoms with E-state index in [0.29, 0.717) is 35.5 Å². The van der Waals surface area contributed by atoms with E-state index in [4.69, 9.17) is 4.74 Å². The number of nitro benzene ring substituents is 1. The summed E-state index contributed by atoms with van der Waals surface area (Å²) in [6.45, 7) is 0.542. The molecule has 8 nitrogen and oxygen atoms in total. The van der Waals surface area contributed by atoms with Gasteiger partial charge in [-0.1, -0.05) is 18.2 Å². The summed E-state index contributed by atoms with van der Waals surface area (Å²) in [5, 5.41) is 23.9. The minimum Gasteiger partial charge on any atom is -0.470 e. The van der Waals surface area contributed by atoms with E-state index in [1.165, 1.54) is 12.1 Å². The Hall–Kier alpha value is -4.38. The number of benzene rings is 3. The van der Waals surface area contributed by atoms with E-state index in [1.807, 2.05) is 18.2 Å². The van der Waals surface area contributed by atoms with Gasteiger partial charge in [0.1, 0.15) is 5.75 Å². The Balaban J connectivity index is 1.50. The first-order chi connectivity index (χ1) is 16.0. The van der Waals surface area contributed by atoms with Crippen molar-refractivity contribution >= 4 is 17.3 Å². The number of likely N-dealkylation sites (tertiary alicyclic amines) is 1. The quantitative estimate of drug-likeness (QED) is 0.473. The second-order valence-electron chi connectivity index (χ2n) is 8.12. The molecule has 1 amide bonds. The number of carbonyl (C=O) groups is 1. The molecule has 2 aliphatic rings. The lowest BCUT2D eigenvalue weighted by molar-refractivity contribution is -0.384. The van der Waals surface area contributed by atoms with Gasteiger partial charge in [0.15, 0.2) is 6.23 Å². The highest BCUT2D eigenvalue weighted by atomic mass is 16.6. The molecule has 2 heterocycles. The SMILES string of the molecule is N#Cc1ccc2c(c1)[C@@H](Nc1ccc([N+](=O)[O-])cc1)[C@H]1CCN(C(=O)c3ccccc3)[C@H]1O2. The van der Waals surface area contributed by atoms with Gasteiger partial charge in [-0.2, -0.15) is 5.26 Å². The lowest BCUT2D eigenvalue weighted by Crippen LogP contribution is -2.46. The normalized spacial score (nSPS) is 20.7. The molecule has 1 fully saturated rings. The highest BCUT2D eigenvalue weighted by Crippen LogP contribution is 2.46. The monoisotopic (exact) mass is 440 g/mol. The van der Waals surface area contributed by atoms with Crippen LogP contribution in [0.15, 0.2) is 72.8 Å². The molecule has 3 aromatic rings. The first-order valence-corrected chi connectivity index (χ1v) is 10.6. The molecule has 0 unspecified atom stereocenters. The molecule has 0 bridgehead atoms. The van der Waals surface area contributed by atoms with Crippen molar-refractivity contribution in [3.8, 4) is 11.8 Å². The Morgan fingerprint density at radius 1 is 1.12 bits per heavy atom. The predicted molar refractivity (Wildman–Crippen MR) is 121 cm³/mol. The second-order valence-corrected chi connectivity index (χ2v) is 8.12. The molecule has 0 aliphatic carbocycles. The summed E-state index contributed by atoms with van der Waals surface area (Å²) in [7, 11) is 0. The van der Waals surface area contributed by atoms with Gasteiger partial charge < -0.3 is 15.0 Å². The first-order valence-electron chi connectivity index (χ1n) is 10.6. The van der Waals surface area contributed by atoms with Gasteiger partial charge in [-0.25, -0.2) is 0 Å². The van der Waals surface area contributed by atoms with Crippen LogP contribution in [-0.4, -0.2) is 28.5 Å². The molecular weight excluding hydrogens is 420 g/mol. The lowest BCUT2D eigenvalue weighted by atomic mass is 9.87. The van der Waals surface area contributed by atoms with Gasteiger partial charge in [0.05, 0.1) is 22.6 Å². The van der Waals surface area contributed by atoms with E-state index in [9.17, 15) is 20.2 Å². The van der Waals surface area contributed by atoms with E-state index in [1.54, 1.807) is 47.4 Å². The second kappa shape index (κ2) is 8.28. The Bertz CT molecular complexity index is 1250. The first kappa shape index (κ1) is 20.5. The molecule has 3 aromatic carbocycles. The number of nitriles is 1. The van der Waals surface area contributed by atoms with Crippen molar-refractivity contribution in [1.29, 1.82) is 5.26 Å². The summed E-state index contributed by atoms with van der Waals surface area (Å²) in [6, 6.07) is 22.5. The summed E-state index contributed by atoms with van der Waals surface area (Å²) >= 11 is 0. The molecule has 3 atom stereocenters. The Labute approximate surface area is 190 Å². The highest BCUT2D eigenvalue weighted by molar-refractivity contribution is 5.94. The Morgan fingerprint density at radius 2 is 1.88 bits per heavy atom. The van der Waals surface area contributed by atoms with Crippen LogP contribution < -0.4 is 10.1 Å². The molecule has 0 aromatic heterocycles. The number of non-ortho nitro benzene ring substituents is 1. The third-order valence-corrected chi connectivity index (χ3v) is 6.21. The maximum atomic E-state index is 13.2. The highest BCUT2D eigenvalue weighted by Gasteiger charge is 2.47. The van der Waals surface area contributed by atoms with Crippen LogP contribution >= 0.6 is 0 Å². The van der Waals surface area contributed by atoms with Crippen molar-refractivity contribution in [3.63, 3.8) is 0 Å². The number of anilines is 1. The van der Waals surface area contributed by atoms with Crippen LogP contribution in [0.4, 0.5) is 11.4 Å². The number of fused-ring (bicyclic) bond motifs is 2. The number of amides is 1. The van der Waals surface area contributed by atoms with Crippen LogP contribution in [-0.2, 0) is 0 Å². The van der Waals surface area contributed by atoms with E-state index in [2.05, 4.69) is 11.4 Å². The molecule has 0 radical (unpaired) electrons. The molecule has 164 valence electrons. The zero-order valence-electron chi connectivity index (χ0n) is 17.5. The minimum absolute atomic E-state index is 0.0121. The molecule has 0 spiro atoms. The number of nitrogens with zero attached hydrogens (tertiary/aromatic N) is 3. The molecule has 5 rings (SSSR count). The van der Waals surface area contributed by atoms with Crippen LogP contribution in [0.2, 0.25) is 0 Å². The zero-order valence-corrected chi connectivity index (χ0v) is 17.5. The number of hydrogen-bond donors (Lipinski definition) is 1. The Kier molecular flexibility index (Phi) is 5.15. The molecular formula is C25H20N4O4. The number of nitro groups is 1. The fourth-order valence-electron chi connectivity index (χ4n) is 4.61. The summed E-state index contributed by atoms with van der Waals surface area (Å²) in [4.78, 5) is 25.5. The van der Waals surface area contributed by atoms with Gasteiger partial charge >= 0.3 is 0 Å². The zero-order chi connectivity index (χ0) is 22.9. The molecule has 2 aliphatic heterocycles. The van der Waals surface area contributed by atoms with E-state index in [0.717, 1.165) is 5.56 Å². The van der Waals surface area contributed by atoms with Gasteiger partial charge in [0, 0.05) is 41.4 Å². The van der Waals surface area contributed by atoms with Crippen molar-refractivity contribution in [1.82, 2.24) is 4.90 Å². The van der Waals surface area contributed by atoms with Gasteiger partial charge in [-0.05, 0) is 48.9 Å². The number of hydrogen-bond acceptors (Lipinski definition) is 6. The van der Waals surface area contributed by atoms with Gasteiger partial charge in [0.25, 0.3) is 11.6 Å². The van der Waals surface area contributed by atoms with Gasteiger partial charge in [-0.3, -0.25) is 14.9 Å². The molecule has 1 saturated heterocycles. The number of ether oxygens (including phenoxy) is 1. The third kappa shape index (κ3) is 3.74. The topological polar surface area (TPSA) is 108 Å². The van der Waals surface area contributed by atoms with Crippen molar-refractivity contribution in [2.45, 2.75) is 18.7 Å². The third-order valence-electron chi connectivity index (χ3n) is 6.21. The van der Waals surface area contributed by atoms with Crippen LogP contribution in [0, 0.1) is 27.4 Å². The summed E-state index contributed by atoms with van der Waals surface area (Å²) in [5.74, 6) is 0.464.